The van der Waals surface area contributed by atoms with Gasteiger partial charge in [-0.2, -0.15) is 0 Å². The van der Waals surface area contributed by atoms with Crippen molar-refractivity contribution in [2.24, 2.45) is 0 Å². The first-order valence-corrected chi connectivity index (χ1v) is 5.03. The molecule has 1 aromatic carbocycles. The largest absolute Gasteiger partial charge is 0.355 e. The van der Waals surface area contributed by atoms with Crippen LogP contribution in [0, 0.1) is 11.6 Å². The number of carbonyl (C=O) groups excluding carboxylic acids is 1. The van der Waals surface area contributed by atoms with Crippen LogP contribution in [-0.4, -0.2) is 12.5 Å². The van der Waals surface area contributed by atoms with Crippen molar-refractivity contribution in [1.29, 1.82) is 0 Å². The fraction of sp³-hybridized carbons (Fsp3) is 0.417. The predicted octanol–water partition coefficient (Wildman–Crippen LogP) is 2.38. The number of hydrogen-bond acceptors (Lipinski definition) is 1. The Hall–Kier alpha value is -1.45. The van der Waals surface area contributed by atoms with E-state index in [1.165, 1.54) is 6.92 Å². The molecule has 88 valence electrons. The van der Waals surface area contributed by atoms with E-state index in [9.17, 15) is 13.6 Å². The van der Waals surface area contributed by atoms with Gasteiger partial charge in [0.1, 0.15) is 11.6 Å². The van der Waals surface area contributed by atoms with Gasteiger partial charge < -0.3 is 5.32 Å². The van der Waals surface area contributed by atoms with Crippen LogP contribution in [0.5, 0.6) is 0 Å². The van der Waals surface area contributed by atoms with Gasteiger partial charge in [0.15, 0.2) is 0 Å². The molecular formula is C12H15F2NO. The first-order chi connectivity index (χ1) is 7.33. The Balaban J connectivity index is 2.96. The number of hydrogen-bond donors (Lipinski definition) is 1. The van der Waals surface area contributed by atoms with Crippen LogP contribution in [0.2, 0.25) is 0 Å². The maximum absolute atomic E-state index is 13.5. The topological polar surface area (TPSA) is 29.1 Å². The molecule has 0 aliphatic rings. The summed E-state index contributed by atoms with van der Waals surface area (Å²) in [6, 6.07) is 3.34. The van der Waals surface area contributed by atoms with Crippen molar-refractivity contribution >= 4 is 5.91 Å². The zero-order chi connectivity index (χ0) is 12.3. The molecular weight excluding hydrogens is 212 g/mol. The van der Waals surface area contributed by atoms with E-state index in [-0.39, 0.29) is 18.0 Å². The molecule has 0 aliphatic carbocycles. The van der Waals surface area contributed by atoms with E-state index in [2.05, 4.69) is 5.32 Å². The Kier molecular flexibility index (Phi) is 3.62. The highest BCUT2D eigenvalue weighted by Gasteiger charge is 2.24. The summed E-state index contributed by atoms with van der Waals surface area (Å²) in [4.78, 5) is 10.8. The third kappa shape index (κ3) is 3.02. The van der Waals surface area contributed by atoms with Gasteiger partial charge in [-0.3, -0.25) is 4.79 Å². The van der Waals surface area contributed by atoms with Gasteiger partial charge >= 0.3 is 0 Å². The quantitative estimate of drug-likeness (QED) is 0.844. The maximum atomic E-state index is 13.5. The molecule has 1 aromatic rings. The van der Waals surface area contributed by atoms with Crippen LogP contribution in [0.4, 0.5) is 8.78 Å². The number of amides is 1. The number of carbonyl (C=O) groups is 1. The van der Waals surface area contributed by atoms with E-state index in [4.69, 9.17) is 0 Å². The SMILES string of the molecule is CC(=O)NCC(C)(C)c1cc(F)ccc1F. The van der Waals surface area contributed by atoms with E-state index in [1.807, 2.05) is 0 Å². The van der Waals surface area contributed by atoms with Crippen molar-refractivity contribution < 1.29 is 13.6 Å². The van der Waals surface area contributed by atoms with Crippen LogP contribution in [0.15, 0.2) is 18.2 Å². The molecule has 0 spiro atoms. The fourth-order valence-corrected chi connectivity index (χ4v) is 1.46. The zero-order valence-corrected chi connectivity index (χ0v) is 9.60. The zero-order valence-electron chi connectivity index (χ0n) is 9.60. The summed E-state index contributed by atoms with van der Waals surface area (Å²) in [7, 11) is 0. The average molecular weight is 227 g/mol. The summed E-state index contributed by atoms with van der Waals surface area (Å²) in [6.07, 6.45) is 0. The Bertz CT molecular complexity index is 402. The molecule has 0 bridgehead atoms. The smallest absolute Gasteiger partial charge is 0.216 e. The van der Waals surface area contributed by atoms with Crippen LogP contribution in [0.1, 0.15) is 26.3 Å². The minimum atomic E-state index is -0.641. The Morgan fingerprint density at radius 1 is 1.38 bits per heavy atom. The second-order valence-corrected chi connectivity index (χ2v) is 4.42. The van der Waals surface area contributed by atoms with Crippen molar-refractivity contribution in [2.45, 2.75) is 26.2 Å². The lowest BCUT2D eigenvalue weighted by atomic mass is 9.84. The van der Waals surface area contributed by atoms with Gasteiger partial charge in [-0.05, 0) is 23.8 Å². The van der Waals surface area contributed by atoms with E-state index < -0.39 is 17.0 Å². The van der Waals surface area contributed by atoms with Crippen molar-refractivity contribution in [3.05, 3.63) is 35.4 Å². The van der Waals surface area contributed by atoms with Gasteiger partial charge in [0.25, 0.3) is 0 Å². The summed E-state index contributed by atoms with van der Waals surface area (Å²) in [5.74, 6) is -1.13. The first-order valence-electron chi connectivity index (χ1n) is 5.03. The highest BCUT2D eigenvalue weighted by Crippen LogP contribution is 2.25. The molecule has 0 saturated carbocycles. The Labute approximate surface area is 93.7 Å². The van der Waals surface area contributed by atoms with E-state index in [1.54, 1.807) is 13.8 Å². The summed E-state index contributed by atoms with van der Waals surface area (Å²) >= 11 is 0. The van der Waals surface area contributed by atoms with Gasteiger partial charge in [-0.25, -0.2) is 8.78 Å². The molecule has 0 unspecified atom stereocenters. The van der Waals surface area contributed by atoms with E-state index in [0.717, 1.165) is 18.2 Å². The summed E-state index contributed by atoms with van der Waals surface area (Å²) in [5, 5.41) is 2.60. The maximum Gasteiger partial charge on any atom is 0.216 e. The first kappa shape index (κ1) is 12.6. The molecule has 0 saturated heterocycles. The molecule has 0 aliphatic heterocycles. The van der Waals surface area contributed by atoms with Gasteiger partial charge in [0.2, 0.25) is 5.91 Å². The van der Waals surface area contributed by atoms with Crippen LogP contribution in [0.25, 0.3) is 0 Å². The van der Waals surface area contributed by atoms with Crippen LogP contribution in [0.3, 0.4) is 0 Å². The van der Waals surface area contributed by atoms with Gasteiger partial charge in [-0.1, -0.05) is 13.8 Å². The van der Waals surface area contributed by atoms with Crippen LogP contribution >= 0.6 is 0 Å². The van der Waals surface area contributed by atoms with E-state index in [0.29, 0.717) is 0 Å². The van der Waals surface area contributed by atoms with Crippen molar-refractivity contribution in [3.8, 4) is 0 Å². The lowest BCUT2D eigenvalue weighted by Gasteiger charge is -2.25. The van der Waals surface area contributed by atoms with Gasteiger partial charge in [0, 0.05) is 18.9 Å². The van der Waals surface area contributed by atoms with E-state index >= 15 is 0 Å². The summed E-state index contributed by atoms with van der Waals surface area (Å²) in [5.41, 5.74) is -0.376. The number of nitrogens with one attached hydrogen (secondary N) is 1. The Morgan fingerprint density at radius 2 is 2.00 bits per heavy atom. The summed E-state index contributed by atoms with van der Waals surface area (Å²) < 4.78 is 26.5. The predicted molar refractivity (Wildman–Crippen MR) is 58.1 cm³/mol. The molecule has 2 nitrogen and oxygen atoms in total. The molecule has 0 radical (unpaired) electrons. The van der Waals surface area contributed by atoms with Gasteiger partial charge in [-0.15, -0.1) is 0 Å². The highest BCUT2D eigenvalue weighted by molar-refractivity contribution is 5.72. The third-order valence-corrected chi connectivity index (χ3v) is 2.44. The molecule has 0 atom stereocenters. The molecule has 0 fully saturated rings. The standard InChI is InChI=1S/C12H15F2NO/c1-8(16)15-7-12(2,3)10-6-9(13)4-5-11(10)14/h4-6H,7H2,1-3H3,(H,15,16). The minimum Gasteiger partial charge on any atom is -0.355 e. The lowest BCUT2D eigenvalue weighted by Crippen LogP contribution is -2.36. The monoisotopic (exact) mass is 227 g/mol. The van der Waals surface area contributed by atoms with Gasteiger partial charge in [0.05, 0.1) is 0 Å². The van der Waals surface area contributed by atoms with Crippen molar-refractivity contribution in [1.82, 2.24) is 5.32 Å². The number of rotatable bonds is 3. The normalized spacial score (nSPS) is 11.3. The molecule has 4 heteroatoms. The second-order valence-electron chi connectivity index (χ2n) is 4.42. The van der Waals surface area contributed by atoms with Crippen LogP contribution in [-0.2, 0) is 10.2 Å². The van der Waals surface area contributed by atoms with Crippen molar-refractivity contribution in [3.63, 3.8) is 0 Å². The summed E-state index contributed by atoms with van der Waals surface area (Å²) in [6.45, 7) is 5.16. The fourth-order valence-electron chi connectivity index (χ4n) is 1.46. The number of benzene rings is 1. The lowest BCUT2D eigenvalue weighted by molar-refractivity contribution is -0.119. The molecule has 0 aromatic heterocycles. The average Bonchev–Trinajstić information content (AvgIpc) is 2.19. The van der Waals surface area contributed by atoms with Crippen molar-refractivity contribution in [2.75, 3.05) is 6.54 Å². The molecule has 1 rings (SSSR count). The molecule has 1 amide bonds. The minimum absolute atomic E-state index is 0.190. The molecule has 0 heterocycles. The molecule has 16 heavy (non-hydrogen) atoms. The molecule has 1 N–H and O–H groups in total. The highest BCUT2D eigenvalue weighted by atomic mass is 19.1. The second kappa shape index (κ2) is 4.60. The Morgan fingerprint density at radius 3 is 2.56 bits per heavy atom. The number of halogens is 2. The third-order valence-electron chi connectivity index (χ3n) is 2.44. The van der Waals surface area contributed by atoms with Crippen LogP contribution < -0.4 is 5.32 Å².